The average Bonchev–Trinajstić information content (AvgIpc) is 2.61. The van der Waals surface area contributed by atoms with Gasteiger partial charge in [-0.1, -0.05) is 58.5 Å². The molecule has 29 heavy (non-hydrogen) atoms. The molecule has 3 aromatic carbocycles. The van der Waals surface area contributed by atoms with Crippen molar-refractivity contribution in [2.24, 2.45) is 0 Å². The molecule has 0 aliphatic carbocycles. The summed E-state index contributed by atoms with van der Waals surface area (Å²) in [5, 5.41) is 20.6. The van der Waals surface area contributed by atoms with Gasteiger partial charge in [-0.15, -0.1) is 0 Å². The quantitative estimate of drug-likeness (QED) is 0.311. The highest BCUT2D eigenvalue weighted by molar-refractivity contribution is 7.87. The summed E-state index contributed by atoms with van der Waals surface area (Å²) in [6.07, 6.45) is 0. The fourth-order valence-electron chi connectivity index (χ4n) is 3.22. The Bertz CT molecular complexity index is 1180. The van der Waals surface area contributed by atoms with Crippen molar-refractivity contribution in [3.8, 4) is 11.5 Å². The molecule has 0 fully saturated rings. The Labute approximate surface area is 186 Å². The lowest BCUT2D eigenvalue weighted by atomic mass is 9.83. The normalized spacial score (nSPS) is 13.8. The number of aromatic hydroxyl groups is 2. The molecular weight excluding hydrogens is 482 g/mol. The second-order valence-corrected chi connectivity index (χ2v) is 9.34. The molecule has 0 amide bonds. The maximum atomic E-state index is 13.0. The number of hydrogen-bond acceptors (Lipinski definition) is 4. The third-order valence-corrected chi connectivity index (χ3v) is 7.08. The van der Waals surface area contributed by atoms with Gasteiger partial charge in [-0.2, -0.15) is 8.42 Å². The molecule has 0 aliphatic heterocycles. The van der Waals surface area contributed by atoms with E-state index in [1.165, 1.54) is 42.5 Å². The van der Waals surface area contributed by atoms with Crippen LogP contribution in [0.4, 0.5) is 0 Å². The number of halogens is 4. The van der Waals surface area contributed by atoms with Crippen molar-refractivity contribution in [3.05, 3.63) is 91.4 Å². The number of benzene rings is 3. The van der Waals surface area contributed by atoms with Gasteiger partial charge in [0.25, 0.3) is 10.1 Å². The average molecular weight is 494 g/mol. The van der Waals surface area contributed by atoms with Crippen LogP contribution in [0, 0.1) is 0 Å². The fourth-order valence-corrected chi connectivity index (χ4v) is 5.40. The van der Waals surface area contributed by atoms with E-state index in [0.717, 1.165) is 12.1 Å². The molecule has 3 N–H and O–H groups in total. The summed E-state index contributed by atoms with van der Waals surface area (Å²) in [7, 11) is -5.11. The molecular formula is C19H12Cl4O5S. The van der Waals surface area contributed by atoms with E-state index in [0.29, 0.717) is 5.02 Å². The van der Waals surface area contributed by atoms with E-state index in [2.05, 4.69) is 0 Å². The maximum absolute atomic E-state index is 13.0. The third-order valence-electron chi connectivity index (χ3n) is 4.35. The van der Waals surface area contributed by atoms with Crippen LogP contribution in [0.25, 0.3) is 0 Å². The van der Waals surface area contributed by atoms with Crippen LogP contribution in [0.15, 0.2) is 54.6 Å². The van der Waals surface area contributed by atoms with E-state index in [1.54, 1.807) is 0 Å². The molecule has 152 valence electrons. The minimum atomic E-state index is -5.11. The van der Waals surface area contributed by atoms with Gasteiger partial charge in [-0.3, -0.25) is 4.55 Å². The second-order valence-electron chi connectivity index (χ2n) is 6.12. The predicted octanol–water partition coefficient (Wildman–Crippen LogP) is 5.89. The first-order valence-electron chi connectivity index (χ1n) is 7.89. The monoisotopic (exact) mass is 492 g/mol. The summed E-state index contributed by atoms with van der Waals surface area (Å²) >= 11 is 24.4. The van der Waals surface area contributed by atoms with Gasteiger partial charge in [0.1, 0.15) is 11.5 Å². The number of rotatable bonds is 4. The van der Waals surface area contributed by atoms with Crippen molar-refractivity contribution in [2.45, 2.75) is 4.75 Å². The van der Waals surface area contributed by atoms with E-state index >= 15 is 0 Å². The summed E-state index contributed by atoms with van der Waals surface area (Å²) in [4.78, 5) is 0. The Morgan fingerprint density at radius 2 is 1.38 bits per heavy atom. The Hall–Kier alpha value is -1.67. The predicted molar refractivity (Wildman–Crippen MR) is 114 cm³/mol. The van der Waals surface area contributed by atoms with Crippen LogP contribution in [0.1, 0.15) is 16.7 Å². The SMILES string of the molecule is O=S(=O)(O)C(c1ccc(Cl)cc1)(c1cc(O)cc(Cl)c1)c1c(O)ccc(Cl)c1Cl. The number of phenolic OH excluding ortho intramolecular Hbond substituents is 2. The second kappa shape index (κ2) is 7.87. The maximum Gasteiger partial charge on any atom is 0.283 e. The number of phenols is 2. The molecule has 0 saturated heterocycles. The minimum Gasteiger partial charge on any atom is -0.508 e. The fraction of sp³-hybridized carbons (Fsp3) is 0.0526. The molecule has 0 aromatic heterocycles. The lowest BCUT2D eigenvalue weighted by Gasteiger charge is -2.34. The van der Waals surface area contributed by atoms with E-state index < -0.39 is 26.2 Å². The van der Waals surface area contributed by atoms with E-state index in [-0.39, 0.29) is 31.9 Å². The van der Waals surface area contributed by atoms with Crippen LogP contribution in [-0.4, -0.2) is 23.2 Å². The largest absolute Gasteiger partial charge is 0.508 e. The summed E-state index contributed by atoms with van der Waals surface area (Å²) in [6, 6.07) is 11.4. The first kappa shape index (κ1) is 22.0. The molecule has 1 unspecified atom stereocenters. The highest BCUT2D eigenvalue weighted by Gasteiger charge is 2.52. The third kappa shape index (κ3) is 3.77. The molecule has 0 aliphatic rings. The van der Waals surface area contributed by atoms with Gasteiger partial charge in [0.05, 0.1) is 10.0 Å². The zero-order valence-electron chi connectivity index (χ0n) is 14.3. The van der Waals surface area contributed by atoms with Gasteiger partial charge in [0, 0.05) is 15.6 Å². The topological polar surface area (TPSA) is 94.8 Å². The van der Waals surface area contributed by atoms with Gasteiger partial charge < -0.3 is 10.2 Å². The van der Waals surface area contributed by atoms with E-state index in [9.17, 15) is 23.2 Å². The summed E-state index contributed by atoms with van der Waals surface area (Å²) in [5.74, 6) is -0.918. The molecule has 0 heterocycles. The highest BCUT2D eigenvalue weighted by Crippen LogP contribution is 2.52. The van der Waals surface area contributed by atoms with Crippen molar-refractivity contribution in [2.75, 3.05) is 0 Å². The lowest BCUT2D eigenvalue weighted by molar-refractivity contribution is 0.439. The Morgan fingerprint density at radius 3 is 1.93 bits per heavy atom. The molecule has 0 spiro atoms. The van der Waals surface area contributed by atoms with Crippen molar-refractivity contribution in [1.29, 1.82) is 0 Å². The highest BCUT2D eigenvalue weighted by atomic mass is 35.5. The zero-order valence-corrected chi connectivity index (χ0v) is 18.1. The Morgan fingerprint density at radius 1 is 0.759 bits per heavy atom. The Balaban J connectivity index is 2.63. The van der Waals surface area contributed by atoms with Crippen molar-refractivity contribution in [3.63, 3.8) is 0 Å². The van der Waals surface area contributed by atoms with Gasteiger partial charge in [-0.05, 0) is 53.6 Å². The van der Waals surface area contributed by atoms with Crippen molar-refractivity contribution in [1.82, 2.24) is 0 Å². The van der Waals surface area contributed by atoms with Gasteiger partial charge in [0.15, 0.2) is 4.75 Å². The summed E-state index contributed by atoms with van der Waals surface area (Å²) in [6.45, 7) is 0. The first-order valence-corrected chi connectivity index (χ1v) is 10.8. The first-order chi connectivity index (χ1) is 13.5. The van der Waals surface area contributed by atoms with Gasteiger partial charge >= 0.3 is 0 Å². The summed E-state index contributed by atoms with van der Waals surface area (Å²) < 4.78 is 33.9. The number of hydrogen-bond donors (Lipinski definition) is 3. The molecule has 0 radical (unpaired) electrons. The molecule has 3 aromatic rings. The van der Waals surface area contributed by atoms with Crippen LogP contribution in [0.3, 0.4) is 0 Å². The molecule has 5 nitrogen and oxygen atoms in total. The van der Waals surface area contributed by atoms with E-state index in [4.69, 9.17) is 46.4 Å². The van der Waals surface area contributed by atoms with Crippen LogP contribution in [-0.2, 0) is 14.9 Å². The van der Waals surface area contributed by atoms with Crippen LogP contribution in [0.5, 0.6) is 11.5 Å². The van der Waals surface area contributed by atoms with Crippen molar-refractivity contribution < 1.29 is 23.2 Å². The van der Waals surface area contributed by atoms with Crippen LogP contribution < -0.4 is 0 Å². The Kier molecular flexibility index (Phi) is 5.98. The van der Waals surface area contributed by atoms with Crippen LogP contribution in [0.2, 0.25) is 20.1 Å². The minimum absolute atomic E-state index is 0.0142. The standard InChI is InChI=1S/C19H12Cl4O5S/c20-12-3-1-10(2-4-12)19(29(26,27)28,11-7-13(21)9-14(24)8-11)17-16(25)6-5-15(22)18(17)23/h1-9,24-25H,(H,26,27,28). The van der Waals surface area contributed by atoms with Crippen molar-refractivity contribution >= 4 is 56.5 Å². The molecule has 0 saturated carbocycles. The molecule has 10 heteroatoms. The molecule has 1 atom stereocenters. The van der Waals surface area contributed by atoms with E-state index in [1.807, 2.05) is 0 Å². The smallest absolute Gasteiger partial charge is 0.283 e. The van der Waals surface area contributed by atoms with Crippen LogP contribution >= 0.6 is 46.4 Å². The molecule has 3 rings (SSSR count). The molecule has 0 bridgehead atoms. The zero-order chi connectivity index (χ0) is 21.6. The summed E-state index contributed by atoms with van der Waals surface area (Å²) in [5.41, 5.74) is -0.601. The lowest BCUT2D eigenvalue weighted by Crippen LogP contribution is -2.38. The van der Waals surface area contributed by atoms with Gasteiger partial charge in [-0.25, -0.2) is 0 Å². The van der Waals surface area contributed by atoms with Gasteiger partial charge in [0.2, 0.25) is 0 Å².